The lowest BCUT2D eigenvalue weighted by molar-refractivity contribution is 0.569. The van der Waals surface area contributed by atoms with Gasteiger partial charge in [0.2, 0.25) is 0 Å². The quantitative estimate of drug-likeness (QED) is 0.309. The topological polar surface area (TPSA) is 4.93 Å². The van der Waals surface area contributed by atoms with Crippen molar-refractivity contribution in [1.29, 1.82) is 0 Å². The van der Waals surface area contributed by atoms with Gasteiger partial charge in [0.25, 0.3) is 0 Å². The summed E-state index contributed by atoms with van der Waals surface area (Å²) in [5.74, 6) is 0. The molecule has 0 radical (unpaired) electrons. The van der Waals surface area contributed by atoms with Gasteiger partial charge in [-0.15, -0.1) is 11.3 Å². The monoisotopic (exact) mass is 513 g/mol. The zero-order valence-corrected chi connectivity index (χ0v) is 22.7. The maximum Gasteiger partial charge on any atom is 0.166 e. The van der Waals surface area contributed by atoms with E-state index in [0.29, 0.717) is 0 Å². The maximum atomic E-state index is 5.90. The fraction of sp³-hybridized carbons (Fsp3) is 0.444. The molecule has 0 saturated carbocycles. The van der Waals surface area contributed by atoms with Gasteiger partial charge in [-0.3, -0.25) is 4.57 Å². The van der Waals surface area contributed by atoms with Crippen LogP contribution in [0.4, 0.5) is 0 Å². The molecular weight excluding hydrogens is 482 g/mol. The highest BCUT2D eigenvalue weighted by atomic mass is 79.9. The zero-order chi connectivity index (χ0) is 22.6. The minimum atomic E-state index is 0.0834. The van der Waals surface area contributed by atoms with Crippen molar-refractivity contribution in [2.24, 2.45) is 0 Å². The Morgan fingerprint density at radius 1 is 0.903 bits per heavy atom. The Balaban J connectivity index is 2.02. The van der Waals surface area contributed by atoms with Crippen molar-refractivity contribution in [3.8, 4) is 16.8 Å². The third-order valence-electron chi connectivity index (χ3n) is 6.24. The lowest BCUT2D eigenvalue weighted by Crippen LogP contribution is -2.16. The van der Waals surface area contributed by atoms with Gasteiger partial charge in [-0.25, -0.2) is 0 Å². The first-order valence-corrected chi connectivity index (χ1v) is 13.2. The highest BCUT2D eigenvalue weighted by Crippen LogP contribution is 2.40. The Morgan fingerprint density at radius 2 is 1.52 bits per heavy atom. The molecular formula is C27H32BrNS2. The molecule has 31 heavy (non-hydrogen) atoms. The van der Waals surface area contributed by atoms with Crippen LogP contribution in [0.3, 0.4) is 0 Å². The number of halogens is 1. The highest BCUT2D eigenvalue weighted by Gasteiger charge is 2.24. The molecule has 0 aliphatic heterocycles. The first-order valence-electron chi connectivity index (χ1n) is 11.2. The zero-order valence-electron chi connectivity index (χ0n) is 19.4. The van der Waals surface area contributed by atoms with Gasteiger partial charge < -0.3 is 0 Å². The molecule has 1 nitrogen and oxygen atoms in total. The maximum absolute atomic E-state index is 5.90. The summed E-state index contributed by atoms with van der Waals surface area (Å²) in [5.41, 5.74) is 8.03. The van der Waals surface area contributed by atoms with Crippen LogP contribution in [0.1, 0.15) is 76.1 Å². The smallest absolute Gasteiger partial charge is 0.166 e. The Bertz CT molecular complexity index is 1150. The number of rotatable bonds is 2. The van der Waals surface area contributed by atoms with Crippen molar-refractivity contribution in [2.45, 2.75) is 78.1 Å². The van der Waals surface area contributed by atoms with Crippen molar-refractivity contribution in [3.63, 3.8) is 0 Å². The number of hydrogen-bond acceptors (Lipinski definition) is 2. The van der Waals surface area contributed by atoms with Gasteiger partial charge in [0, 0.05) is 20.6 Å². The van der Waals surface area contributed by atoms with E-state index in [-0.39, 0.29) is 10.8 Å². The lowest BCUT2D eigenvalue weighted by Gasteiger charge is -2.27. The summed E-state index contributed by atoms with van der Waals surface area (Å²) in [4.78, 5) is 1.47. The third kappa shape index (κ3) is 4.49. The molecule has 0 amide bonds. The Hall–Kier alpha value is -1.23. The molecule has 4 heteroatoms. The predicted molar refractivity (Wildman–Crippen MR) is 142 cm³/mol. The number of fused-ring (bicyclic) bond motifs is 1. The van der Waals surface area contributed by atoms with Crippen molar-refractivity contribution >= 4 is 39.5 Å². The van der Waals surface area contributed by atoms with Crippen LogP contribution in [0.25, 0.3) is 16.8 Å². The highest BCUT2D eigenvalue weighted by molar-refractivity contribution is 9.10. The fourth-order valence-electron chi connectivity index (χ4n) is 4.32. The van der Waals surface area contributed by atoms with Crippen LogP contribution in [-0.4, -0.2) is 4.57 Å². The summed E-state index contributed by atoms with van der Waals surface area (Å²) >= 11 is 11.6. The molecule has 0 bridgehead atoms. The number of aryl methyl sites for hydroxylation is 1. The van der Waals surface area contributed by atoms with Gasteiger partial charge in [0.05, 0.1) is 5.69 Å². The summed E-state index contributed by atoms with van der Waals surface area (Å²) in [6.07, 6.45) is 4.78. The van der Waals surface area contributed by atoms with Gasteiger partial charge in [0.1, 0.15) is 0 Å². The summed E-state index contributed by atoms with van der Waals surface area (Å²) in [6.45, 7) is 13.8. The van der Waals surface area contributed by atoms with Crippen molar-refractivity contribution in [1.82, 2.24) is 4.57 Å². The Labute approximate surface area is 204 Å². The first kappa shape index (κ1) is 22.9. The number of nitrogens with zero attached hydrogens (tertiary/aromatic N) is 1. The van der Waals surface area contributed by atoms with E-state index in [1.165, 1.54) is 51.4 Å². The van der Waals surface area contributed by atoms with E-state index < -0.39 is 0 Å². The molecule has 4 rings (SSSR count). The normalized spacial score (nSPS) is 14.5. The fourth-order valence-corrected chi connectivity index (χ4v) is 6.43. The van der Waals surface area contributed by atoms with Crippen LogP contribution in [-0.2, 0) is 23.7 Å². The van der Waals surface area contributed by atoms with Crippen molar-refractivity contribution in [3.05, 3.63) is 66.5 Å². The van der Waals surface area contributed by atoms with E-state index in [4.69, 9.17) is 12.2 Å². The van der Waals surface area contributed by atoms with Crippen molar-refractivity contribution < 1.29 is 0 Å². The van der Waals surface area contributed by atoms with Gasteiger partial charge in [-0.2, -0.15) is 0 Å². The van der Waals surface area contributed by atoms with Crippen LogP contribution >= 0.6 is 39.5 Å². The second kappa shape index (κ2) is 8.28. The van der Waals surface area contributed by atoms with Crippen molar-refractivity contribution in [2.75, 3.05) is 0 Å². The van der Waals surface area contributed by atoms with Gasteiger partial charge in [0.15, 0.2) is 3.95 Å². The summed E-state index contributed by atoms with van der Waals surface area (Å²) < 4.78 is 4.42. The SMILES string of the molecule is CC(C)(C)c1cc(-c2cccc(Br)c2-n2c3c(sc2=S)CCCC3)cc(C(C)(C)C)c1. The molecule has 1 aliphatic rings. The largest absolute Gasteiger partial charge is 0.294 e. The minimum Gasteiger partial charge on any atom is -0.294 e. The van der Waals surface area contributed by atoms with E-state index in [0.717, 1.165) is 21.3 Å². The predicted octanol–water partition coefficient (Wildman–Crippen LogP) is 9.17. The molecule has 0 unspecified atom stereocenters. The lowest BCUT2D eigenvalue weighted by atomic mass is 9.79. The number of benzene rings is 2. The molecule has 3 aromatic rings. The van der Waals surface area contributed by atoms with Crippen LogP contribution in [0.2, 0.25) is 0 Å². The number of hydrogen-bond donors (Lipinski definition) is 0. The molecule has 0 fully saturated rings. The molecule has 0 saturated heterocycles. The Kier molecular flexibility index (Phi) is 6.13. The van der Waals surface area contributed by atoms with E-state index in [9.17, 15) is 0 Å². The average Bonchev–Trinajstić information content (AvgIpc) is 3.01. The molecule has 0 spiro atoms. The van der Waals surface area contributed by atoms with E-state index in [1.807, 2.05) is 0 Å². The van der Waals surface area contributed by atoms with Crippen LogP contribution in [0, 0.1) is 3.95 Å². The molecule has 164 valence electrons. The van der Waals surface area contributed by atoms with E-state index >= 15 is 0 Å². The summed E-state index contributed by atoms with van der Waals surface area (Å²) in [6, 6.07) is 13.7. The summed E-state index contributed by atoms with van der Waals surface area (Å²) in [7, 11) is 0. The standard InChI is InChI=1S/C27H32BrNS2/c1-26(2,3)18-14-17(15-19(16-18)27(4,5)6)20-10-9-11-21(28)24(20)29-22-12-7-8-13-23(22)31-25(29)30/h9-11,14-16H,7-8,12-13H2,1-6H3. The molecule has 1 aliphatic carbocycles. The van der Waals surface area contributed by atoms with Crippen LogP contribution in [0.15, 0.2) is 40.9 Å². The summed E-state index contributed by atoms with van der Waals surface area (Å²) in [5, 5.41) is 0. The third-order valence-corrected chi connectivity index (χ3v) is 8.35. The minimum absolute atomic E-state index is 0.0834. The van der Waals surface area contributed by atoms with Gasteiger partial charge >= 0.3 is 0 Å². The van der Waals surface area contributed by atoms with E-state index in [1.54, 1.807) is 11.3 Å². The molecule has 2 aromatic carbocycles. The molecule has 0 atom stereocenters. The second-order valence-corrected chi connectivity index (χ2v) is 13.3. The van der Waals surface area contributed by atoms with Gasteiger partial charge in [-0.1, -0.05) is 71.9 Å². The van der Waals surface area contributed by atoms with Gasteiger partial charge in [-0.05, 0) is 87.4 Å². The average molecular weight is 515 g/mol. The Morgan fingerprint density at radius 3 is 2.13 bits per heavy atom. The number of para-hydroxylation sites is 1. The number of thiazole rings is 1. The number of aromatic nitrogens is 1. The van der Waals surface area contributed by atoms with Crippen LogP contribution < -0.4 is 0 Å². The first-order chi connectivity index (χ1) is 14.5. The van der Waals surface area contributed by atoms with Crippen LogP contribution in [0.5, 0.6) is 0 Å². The molecule has 1 heterocycles. The molecule has 1 aromatic heterocycles. The van der Waals surface area contributed by atoms with E-state index in [2.05, 4.69) is 98.4 Å². The second-order valence-electron chi connectivity index (χ2n) is 10.7. The molecule has 0 N–H and O–H groups in total.